The van der Waals surface area contributed by atoms with E-state index in [9.17, 15) is 44.4 Å². The zero-order chi connectivity index (χ0) is 99.5. The van der Waals surface area contributed by atoms with Gasteiger partial charge in [0.05, 0.1) is 89.9 Å². The molecule has 0 spiro atoms. The van der Waals surface area contributed by atoms with Gasteiger partial charge < -0.3 is 86.7 Å². The van der Waals surface area contributed by atoms with E-state index < -0.39 is 101 Å². The number of thioether (sulfide) groups is 2. The van der Waals surface area contributed by atoms with Crippen molar-refractivity contribution in [1.82, 2.24) is 0 Å². The minimum atomic E-state index is -2.02. The standard InChI is InChI=1S/C21H28O4.C21H24O3S.C20H22O4S.C17H20Cl3NO4.C15H20O4.C13H22O4/c1-5-6-7-11-14-23-21-19(16(3)15(2)17(4)24-21)25-20(22)18-12-9-8-10-13-18;1-14-15(2)19(24-20(22)17-10-6-4-7-11-17)21(23-16(14)3)25-18-12-8-5-9-13-18;1-13-14(2)23-20(25-16-11-7-4-8-12-16)18(17(13)21)24-19(22)15-9-5-3-6-10-15;1-9-10(2)13(24-14(22)12-7-5-4-6-8-12)15(23-11(9)3)25-16(21)17(18,19)20;1-9-10(2)13(15(17)18-11(9)3)19-14(16)12-7-5-4-6-8-12;1-4-5-6-7-8-16-13-12(15)11(14)9(2)10(3)17-13/h5-13,15-17,19,21H,14H2,1-4H3;4-16,19,21H,1-3H3;3-14,17-18,20-21H,1-2H3;4-11,13,15,21H,1-3H3;4-11,13,15,17H,1-3H3;4-7,9-15H,8H2,1-3H3/b6-5+,11-7+;;;;;5-4+,7-6+/t15-,16+,17?,19?,21-;14-,15+,16?,19?,21+;13-,14?,17-,18?,20-;9-,10+,11?,13?,15+;9-,10+,11?,13?,15?;9-,10?,11-,12?,13+/m110110/s1. The van der Waals surface area contributed by atoms with Crippen molar-refractivity contribution in [3.63, 3.8) is 0 Å². The van der Waals surface area contributed by atoms with Crippen molar-refractivity contribution in [2.24, 2.45) is 59.2 Å². The topological polar surface area (TPSA) is 319 Å². The van der Waals surface area contributed by atoms with E-state index in [0.29, 0.717) is 46.9 Å². The van der Waals surface area contributed by atoms with Crippen LogP contribution >= 0.6 is 58.3 Å². The summed E-state index contributed by atoms with van der Waals surface area (Å²) in [4.78, 5) is 64.0. The first-order chi connectivity index (χ1) is 64.8. The van der Waals surface area contributed by atoms with E-state index in [1.807, 2.05) is 236 Å². The van der Waals surface area contributed by atoms with E-state index in [4.69, 9.17) is 107 Å². The van der Waals surface area contributed by atoms with Crippen molar-refractivity contribution in [1.29, 1.82) is 5.41 Å². The molecule has 0 saturated carbocycles. The lowest BCUT2D eigenvalue weighted by Gasteiger charge is -2.42. The van der Waals surface area contributed by atoms with E-state index in [1.165, 1.54) is 11.8 Å². The van der Waals surface area contributed by atoms with Gasteiger partial charge >= 0.3 is 29.8 Å². The number of carbonyl (C=O) groups excluding carboxylic acids is 5. The third-order valence-electron chi connectivity index (χ3n) is 25.7. The molecular formula is C107H136Cl3NO23S2. The largest absolute Gasteiger partial charge is 0.455 e. The Morgan fingerprint density at radius 1 is 0.316 bits per heavy atom. The molecule has 6 aliphatic heterocycles. The lowest BCUT2D eigenvalue weighted by Crippen LogP contribution is -2.53. The number of esters is 5. The normalized spacial score (nSPS) is 31.5. The van der Waals surface area contributed by atoms with Crippen molar-refractivity contribution in [3.8, 4) is 0 Å². The van der Waals surface area contributed by atoms with E-state index in [0.717, 1.165) is 9.79 Å². The minimum absolute atomic E-state index is 0.0447. The lowest BCUT2D eigenvalue weighted by molar-refractivity contribution is -0.276. The van der Waals surface area contributed by atoms with Gasteiger partial charge in [0.15, 0.2) is 43.3 Å². The van der Waals surface area contributed by atoms with Crippen LogP contribution in [0.2, 0.25) is 0 Å². The second kappa shape index (κ2) is 56.6. The molecule has 6 saturated heterocycles. The maximum absolute atomic E-state index is 12.6. The SMILES string of the molecule is C/C=C/C=C/CO[C@@H]1OC(C)[C@H](C)[C@H](C)C1OC(=O)c1ccccc1.C/C=C/C=C/CO[C@@H]1OC(C)[C@H](C)[C@H](O)C1O.CC1OC(O)C(OC(=O)c2ccccc2)[C@@H](C)[C@H]1C.CC1O[C@@H](OC(=N)C(Cl)(Cl)Cl)C(OC(=O)c2ccccc2)[C@@H](C)[C@H]1C.CC1O[C@@H](Sc2ccccc2)C(OC(=O)c2ccccc2)[C@@H](C)[C@H]1C.CC1O[C@@H](Sc2ccccc2)C(OC(=O)c2ccccc2)[C@@H](O)[C@H]1C. The number of alkyl halides is 3. The number of benzene rings is 7. The molecule has 13 rings (SSSR count). The van der Waals surface area contributed by atoms with Crippen LogP contribution in [0.3, 0.4) is 0 Å². The molecule has 5 N–H and O–H groups in total. The summed E-state index contributed by atoms with van der Waals surface area (Å²) in [5, 5.41) is 47.9. The number of halogens is 3. The van der Waals surface area contributed by atoms with Crippen molar-refractivity contribution in [2.75, 3.05) is 13.2 Å². The summed E-state index contributed by atoms with van der Waals surface area (Å²) in [7, 11) is 0. The molecule has 0 bridgehead atoms. The molecule has 6 aliphatic rings. The monoisotopic (exact) mass is 1970 g/mol. The van der Waals surface area contributed by atoms with Crippen LogP contribution < -0.4 is 0 Å². The van der Waals surface area contributed by atoms with Gasteiger partial charge in [-0.1, -0.05) is 304 Å². The summed E-state index contributed by atoms with van der Waals surface area (Å²) in [6.07, 6.45) is 6.10. The Labute approximate surface area is 825 Å². The Morgan fingerprint density at radius 2 is 0.588 bits per heavy atom. The van der Waals surface area contributed by atoms with Crippen molar-refractivity contribution >= 4 is 94.1 Å². The Bertz CT molecular complexity index is 4720. The highest BCUT2D eigenvalue weighted by Gasteiger charge is 2.50. The van der Waals surface area contributed by atoms with Gasteiger partial charge in [0, 0.05) is 45.3 Å². The number of ether oxygens (including phenoxy) is 14. The van der Waals surface area contributed by atoms with Gasteiger partial charge in [0.1, 0.15) is 23.1 Å². The Hall–Kier alpha value is -8.59. The second-order valence-corrected chi connectivity index (χ2v) is 39.5. The summed E-state index contributed by atoms with van der Waals surface area (Å²) in [5.74, 6) is -1.58. The van der Waals surface area contributed by atoms with Gasteiger partial charge in [-0.3, -0.25) is 5.41 Å². The first-order valence-electron chi connectivity index (χ1n) is 46.3. The molecule has 0 aromatic heterocycles. The predicted molar refractivity (Wildman–Crippen MR) is 530 cm³/mol. The summed E-state index contributed by atoms with van der Waals surface area (Å²) < 4.78 is 77.9. The summed E-state index contributed by atoms with van der Waals surface area (Å²) >= 11 is 20.1. The van der Waals surface area contributed by atoms with E-state index in [1.54, 1.807) is 115 Å². The average molecular weight is 1970 g/mol. The fourth-order valence-corrected chi connectivity index (χ4v) is 17.8. The Morgan fingerprint density at radius 3 is 0.963 bits per heavy atom. The molecule has 6 heterocycles. The van der Waals surface area contributed by atoms with Gasteiger partial charge in [-0.25, -0.2) is 24.0 Å². The van der Waals surface area contributed by atoms with Gasteiger partial charge in [0.25, 0.3) is 3.79 Å². The fraction of sp³-hybridized carbons (Fsp3) is 0.477. The zero-order valence-corrected chi connectivity index (χ0v) is 84.5. The summed E-state index contributed by atoms with van der Waals surface area (Å²) in [6, 6.07) is 64.2. The molecule has 7 aromatic rings. The first-order valence-corrected chi connectivity index (χ1v) is 49.2. The number of allylic oxidation sites excluding steroid dienone is 6. The minimum Gasteiger partial charge on any atom is -0.455 e. The molecule has 24 nitrogen and oxygen atoms in total. The Kier molecular flexibility index (Phi) is 46.9. The molecular weight excluding hydrogens is 1840 g/mol. The molecule has 30 atom stereocenters. The summed E-state index contributed by atoms with van der Waals surface area (Å²) in [5.41, 5.74) is 1.79. The molecule has 0 amide bonds. The van der Waals surface area contributed by atoms with Crippen LogP contribution in [0.5, 0.6) is 0 Å². The number of rotatable bonds is 23. The molecule has 136 heavy (non-hydrogen) atoms. The predicted octanol–water partition coefficient (Wildman–Crippen LogP) is 21.2. The van der Waals surface area contributed by atoms with Gasteiger partial charge in [-0.2, -0.15) is 0 Å². The second-order valence-electron chi connectivity index (χ2n) is 34.9. The third kappa shape index (κ3) is 33.9. The van der Waals surface area contributed by atoms with Gasteiger partial charge in [-0.05, 0) is 164 Å². The quantitative estimate of drug-likeness (QED) is 0.00992. The molecule has 7 aromatic carbocycles. The zero-order valence-electron chi connectivity index (χ0n) is 80.6. The van der Waals surface area contributed by atoms with Gasteiger partial charge in [-0.15, -0.1) is 0 Å². The molecule has 13 unspecified atom stereocenters. The van der Waals surface area contributed by atoms with Crippen LogP contribution in [-0.4, -0.2) is 195 Å². The van der Waals surface area contributed by atoms with Crippen LogP contribution in [0.15, 0.2) is 271 Å². The molecule has 0 radical (unpaired) electrons. The highest BCUT2D eigenvalue weighted by atomic mass is 35.6. The maximum Gasteiger partial charge on any atom is 0.338 e. The lowest BCUT2D eigenvalue weighted by atomic mass is 9.84. The average Bonchev–Trinajstić information content (AvgIpc) is 0.806. The highest BCUT2D eigenvalue weighted by molar-refractivity contribution is 8.00. The summed E-state index contributed by atoms with van der Waals surface area (Å²) in [6.45, 7) is 36.5. The fourth-order valence-electron chi connectivity index (χ4n) is 15.3. The van der Waals surface area contributed by atoms with Crippen LogP contribution in [0, 0.1) is 64.6 Å². The number of aliphatic hydroxyl groups excluding tert-OH is 4. The van der Waals surface area contributed by atoms with E-state index in [-0.39, 0.29) is 113 Å². The highest BCUT2D eigenvalue weighted by Crippen LogP contribution is 2.43. The third-order valence-corrected chi connectivity index (χ3v) is 28.5. The molecule has 0 aliphatic carbocycles. The maximum atomic E-state index is 12.6. The van der Waals surface area contributed by atoms with Crippen molar-refractivity contribution < 1.29 is 111 Å². The molecule has 6 fully saturated rings. The molecule has 740 valence electrons. The van der Waals surface area contributed by atoms with Crippen LogP contribution in [0.1, 0.15) is 176 Å². The number of hydrogen-bond acceptors (Lipinski definition) is 26. The van der Waals surface area contributed by atoms with Crippen molar-refractivity contribution in [3.05, 3.63) is 289 Å². The number of hydrogen-bond donors (Lipinski definition) is 5. The van der Waals surface area contributed by atoms with E-state index >= 15 is 0 Å². The van der Waals surface area contributed by atoms with E-state index in [2.05, 4.69) is 46.8 Å². The number of nitrogens with one attached hydrogen (secondary N) is 1. The number of aliphatic hydroxyl groups is 4. The van der Waals surface area contributed by atoms with Crippen LogP contribution in [-0.2, 0) is 66.3 Å². The molecule has 29 heteroatoms. The van der Waals surface area contributed by atoms with Gasteiger partial charge in [0.2, 0.25) is 12.2 Å². The van der Waals surface area contributed by atoms with Crippen molar-refractivity contribution in [2.45, 2.75) is 260 Å². The Balaban J connectivity index is 0.000000202. The number of carbonyl (C=O) groups is 5. The van der Waals surface area contributed by atoms with Crippen LogP contribution in [0.4, 0.5) is 0 Å². The smallest absolute Gasteiger partial charge is 0.338 e. The first kappa shape index (κ1) is 113. The van der Waals surface area contributed by atoms with Crippen LogP contribution in [0.25, 0.3) is 0 Å².